The van der Waals surface area contributed by atoms with Crippen LogP contribution in [-0.4, -0.2) is 30.8 Å². The third-order valence-electron chi connectivity index (χ3n) is 3.78. The minimum absolute atomic E-state index is 0.0540. The summed E-state index contributed by atoms with van der Waals surface area (Å²) in [4.78, 5) is 35.4. The minimum atomic E-state index is -1.70. The van der Waals surface area contributed by atoms with Crippen LogP contribution in [0, 0.1) is 24.4 Å². The van der Waals surface area contributed by atoms with Gasteiger partial charge in [-0.2, -0.15) is 0 Å². The molecule has 0 aliphatic rings. The summed E-state index contributed by atoms with van der Waals surface area (Å²) in [6.07, 6.45) is -0.0789. The molecule has 2 aromatic carbocycles. The van der Waals surface area contributed by atoms with Crippen molar-refractivity contribution in [3.63, 3.8) is 0 Å². The molecule has 3 N–H and O–H groups in total. The fourth-order valence-corrected chi connectivity index (χ4v) is 2.30. The number of hydrogen-bond donors (Lipinski definition) is 3. The Bertz CT molecular complexity index is 903. The Morgan fingerprint density at radius 1 is 0.893 bits per heavy atom. The summed E-state index contributed by atoms with van der Waals surface area (Å²) in [5, 5.41) is 6.90. The van der Waals surface area contributed by atoms with Crippen LogP contribution in [0.5, 0.6) is 0 Å². The largest absolute Gasteiger partial charge is 0.352 e. The van der Waals surface area contributed by atoms with E-state index in [0.717, 1.165) is 11.6 Å². The van der Waals surface area contributed by atoms with Gasteiger partial charge in [0.15, 0.2) is 17.5 Å². The van der Waals surface area contributed by atoms with Crippen LogP contribution in [0.25, 0.3) is 0 Å². The second kappa shape index (κ2) is 9.54. The van der Waals surface area contributed by atoms with E-state index in [-0.39, 0.29) is 18.9 Å². The van der Waals surface area contributed by atoms with E-state index >= 15 is 0 Å². The number of hydrogen-bond acceptors (Lipinski definition) is 3. The fourth-order valence-electron chi connectivity index (χ4n) is 2.30. The van der Waals surface area contributed by atoms with Gasteiger partial charge < -0.3 is 16.0 Å². The van der Waals surface area contributed by atoms with Crippen molar-refractivity contribution in [2.75, 3.05) is 18.4 Å². The van der Waals surface area contributed by atoms with Gasteiger partial charge in [-0.3, -0.25) is 14.4 Å². The summed E-state index contributed by atoms with van der Waals surface area (Å²) in [5.74, 6) is -6.27. The summed E-state index contributed by atoms with van der Waals surface area (Å²) >= 11 is 0. The molecule has 0 saturated heterocycles. The van der Waals surface area contributed by atoms with Gasteiger partial charge in [0.2, 0.25) is 11.8 Å². The third-order valence-corrected chi connectivity index (χ3v) is 3.78. The first-order valence-corrected chi connectivity index (χ1v) is 8.33. The van der Waals surface area contributed by atoms with Crippen LogP contribution < -0.4 is 16.0 Å². The average Bonchev–Trinajstić information content (AvgIpc) is 2.67. The zero-order chi connectivity index (χ0) is 20.7. The lowest BCUT2D eigenvalue weighted by atomic mass is 10.1. The van der Waals surface area contributed by atoms with Gasteiger partial charge in [0.1, 0.15) is 0 Å². The second-order valence-corrected chi connectivity index (χ2v) is 5.87. The molecule has 0 heterocycles. The van der Waals surface area contributed by atoms with Gasteiger partial charge in [0, 0.05) is 18.5 Å². The lowest BCUT2D eigenvalue weighted by molar-refractivity contribution is -0.124. The van der Waals surface area contributed by atoms with E-state index in [1.807, 2.05) is 5.32 Å². The predicted molar refractivity (Wildman–Crippen MR) is 96.1 cm³/mol. The maximum absolute atomic E-state index is 13.5. The number of aryl methyl sites for hydroxylation is 1. The summed E-state index contributed by atoms with van der Waals surface area (Å²) < 4.78 is 39.4. The molecule has 148 valence electrons. The predicted octanol–water partition coefficient (Wildman–Crippen LogP) is 2.29. The number of benzene rings is 2. The standard InChI is InChI=1S/C19H18F3N3O3/c1-11-4-2-3-5-12(11)19(28)23-9-8-15(26)24-10-16(27)25-14-7-6-13(20)17(21)18(14)22/h2-7H,8-10H2,1H3,(H,23,28)(H,24,26)(H,25,27). The highest BCUT2D eigenvalue weighted by molar-refractivity contribution is 5.96. The van der Waals surface area contributed by atoms with Crippen LogP contribution in [0.3, 0.4) is 0 Å². The Hall–Kier alpha value is -3.36. The van der Waals surface area contributed by atoms with Crippen molar-refractivity contribution < 1.29 is 27.6 Å². The normalized spacial score (nSPS) is 10.3. The van der Waals surface area contributed by atoms with Gasteiger partial charge in [0.25, 0.3) is 5.91 Å². The maximum atomic E-state index is 13.5. The smallest absolute Gasteiger partial charge is 0.251 e. The van der Waals surface area contributed by atoms with E-state index in [9.17, 15) is 27.6 Å². The monoisotopic (exact) mass is 393 g/mol. The molecule has 2 aromatic rings. The SMILES string of the molecule is Cc1ccccc1C(=O)NCCC(=O)NCC(=O)Nc1ccc(F)c(F)c1F. The molecule has 3 amide bonds. The Kier molecular flexibility index (Phi) is 7.14. The van der Waals surface area contributed by atoms with Crippen LogP contribution in [-0.2, 0) is 9.59 Å². The lowest BCUT2D eigenvalue weighted by Gasteiger charge is -2.09. The van der Waals surface area contributed by atoms with Crippen LogP contribution in [0.1, 0.15) is 22.3 Å². The first-order valence-electron chi connectivity index (χ1n) is 8.33. The molecule has 0 bridgehead atoms. The number of carbonyl (C=O) groups excluding carboxylic acids is 3. The molecular weight excluding hydrogens is 375 g/mol. The molecule has 0 aliphatic carbocycles. The summed E-state index contributed by atoms with van der Waals surface area (Å²) in [6, 6.07) is 8.51. The number of anilines is 1. The Labute approximate surface area is 159 Å². The highest BCUT2D eigenvalue weighted by Crippen LogP contribution is 2.19. The Balaban J connectivity index is 1.74. The van der Waals surface area contributed by atoms with Crippen molar-refractivity contribution >= 4 is 23.4 Å². The van der Waals surface area contributed by atoms with Crippen molar-refractivity contribution in [2.45, 2.75) is 13.3 Å². The Morgan fingerprint density at radius 3 is 2.32 bits per heavy atom. The first kappa shape index (κ1) is 20.9. The third kappa shape index (κ3) is 5.57. The molecule has 0 atom stereocenters. The zero-order valence-electron chi connectivity index (χ0n) is 14.9. The van der Waals surface area contributed by atoms with E-state index < -0.39 is 41.5 Å². The number of carbonyl (C=O) groups is 3. The summed E-state index contributed by atoms with van der Waals surface area (Å²) in [7, 11) is 0. The quantitative estimate of drug-likeness (QED) is 0.631. The lowest BCUT2D eigenvalue weighted by Crippen LogP contribution is -2.35. The molecule has 6 nitrogen and oxygen atoms in total. The molecular formula is C19H18F3N3O3. The summed E-state index contributed by atoms with van der Waals surface area (Å²) in [6.45, 7) is 1.34. The van der Waals surface area contributed by atoms with Gasteiger partial charge in [-0.25, -0.2) is 13.2 Å². The molecule has 0 radical (unpaired) electrons. The molecule has 0 fully saturated rings. The van der Waals surface area contributed by atoms with E-state index in [2.05, 4.69) is 10.6 Å². The van der Waals surface area contributed by atoms with Crippen LogP contribution in [0.4, 0.5) is 18.9 Å². The Morgan fingerprint density at radius 2 is 1.61 bits per heavy atom. The molecule has 28 heavy (non-hydrogen) atoms. The number of amides is 3. The van der Waals surface area contributed by atoms with Crippen LogP contribution >= 0.6 is 0 Å². The molecule has 0 aliphatic heterocycles. The zero-order valence-corrected chi connectivity index (χ0v) is 14.9. The minimum Gasteiger partial charge on any atom is -0.352 e. The maximum Gasteiger partial charge on any atom is 0.251 e. The number of rotatable bonds is 7. The van der Waals surface area contributed by atoms with E-state index in [4.69, 9.17) is 0 Å². The number of halogens is 3. The first-order chi connectivity index (χ1) is 13.3. The fraction of sp³-hybridized carbons (Fsp3) is 0.211. The highest BCUT2D eigenvalue weighted by Gasteiger charge is 2.15. The van der Waals surface area contributed by atoms with E-state index in [0.29, 0.717) is 11.6 Å². The molecule has 0 aromatic heterocycles. The number of nitrogens with one attached hydrogen (secondary N) is 3. The van der Waals surface area contributed by atoms with Crippen molar-refractivity contribution in [3.05, 3.63) is 65.0 Å². The highest BCUT2D eigenvalue weighted by atomic mass is 19.2. The van der Waals surface area contributed by atoms with E-state index in [1.165, 1.54) is 0 Å². The van der Waals surface area contributed by atoms with Gasteiger partial charge in [-0.15, -0.1) is 0 Å². The summed E-state index contributed by atoms with van der Waals surface area (Å²) in [5.41, 5.74) is 0.755. The van der Waals surface area contributed by atoms with Crippen molar-refractivity contribution in [1.29, 1.82) is 0 Å². The van der Waals surface area contributed by atoms with Gasteiger partial charge in [0.05, 0.1) is 12.2 Å². The van der Waals surface area contributed by atoms with Crippen molar-refractivity contribution in [1.82, 2.24) is 10.6 Å². The van der Waals surface area contributed by atoms with Gasteiger partial charge in [-0.05, 0) is 30.7 Å². The molecule has 0 unspecified atom stereocenters. The van der Waals surface area contributed by atoms with Gasteiger partial charge in [-0.1, -0.05) is 18.2 Å². The van der Waals surface area contributed by atoms with Crippen molar-refractivity contribution in [2.24, 2.45) is 0 Å². The molecule has 9 heteroatoms. The average molecular weight is 393 g/mol. The molecule has 2 rings (SSSR count). The van der Waals surface area contributed by atoms with E-state index in [1.54, 1.807) is 31.2 Å². The van der Waals surface area contributed by atoms with Gasteiger partial charge >= 0.3 is 0 Å². The van der Waals surface area contributed by atoms with Crippen LogP contribution in [0.15, 0.2) is 36.4 Å². The second-order valence-electron chi connectivity index (χ2n) is 5.87. The topological polar surface area (TPSA) is 87.3 Å². The van der Waals surface area contributed by atoms with Crippen LogP contribution in [0.2, 0.25) is 0 Å². The van der Waals surface area contributed by atoms with Crippen molar-refractivity contribution in [3.8, 4) is 0 Å². The molecule has 0 spiro atoms. The molecule has 0 saturated carbocycles.